The van der Waals surface area contributed by atoms with E-state index in [4.69, 9.17) is 4.74 Å². The Balaban J connectivity index is 1.57. The van der Waals surface area contributed by atoms with Gasteiger partial charge in [0.25, 0.3) is 0 Å². The van der Waals surface area contributed by atoms with E-state index >= 15 is 0 Å². The van der Waals surface area contributed by atoms with Crippen LogP contribution in [0.25, 0.3) is 0 Å². The highest BCUT2D eigenvalue weighted by molar-refractivity contribution is 9.10. The smallest absolute Gasteiger partial charge is 0.124 e. The van der Waals surface area contributed by atoms with Crippen LogP contribution in [0.15, 0.2) is 83.3 Å². The lowest BCUT2D eigenvalue weighted by molar-refractivity contribution is 0.302. The lowest BCUT2D eigenvalue weighted by Gasteiger charge is -2.13. The number of halogens is 1. The van der Waals surface area contributed by atoms with Crippen LogP contribution < -0.4 is 15.6 Å². The molecule has 3 aromatic carbocycles. The normalized spacial score (nSPS) is 10.4. The van der Waals surface area contributed by atoms with E-state index in [0.29, 0.717) is 13.2 Å². The molecule has 0 radical (unpaired) electrons. The van der Waals surface area contributed by atoms with Gasteiger partial charge in [-0.3, -0.25) is 0 Å². The largest absolute Gasteiger partial charge is 0.489 e. The van der Waals surface area contributed by atoms with E-state index in [0.717, 1.165) is 27.0 Å². The van der Waals surface area contributed by atoms with Crippen molar-refractivity contribution < 1.29 is 4.74 Å². The van der Waals surface area contributed by atoms with Crippen molar-refractivity contribution in [3.05, 3.63) is 94.5 Å². The van der Waals surface area contributed by atoms with Crippen molar-refractivity contribution in [3.8, 4) is 5.75 Å². The number of para-hydroxylation sites is 2. The number of ether oxygens (including phenoxy) is 1. The summed E-state index contributed by atoms with van der Waals surface area (Å²) >= 11 is 3.44. The Morgan fingerprint density at radius 2 is 1.50 bits per heavy atom. The van der Waals surface area contributed by atoms with Crippen molar-refractivity contribution >= 4 is 21.6 Å². The van der Waals surface area contributed by atoms with Crippen LogP contribution in [-0.4, -0.2) is 0 Å². The first-order valence-electron chi connectivity index (χ1n) is 7.80. The fourth-order valence-electron chi connectivity index (χ4n) is 2.30. The topological polar surface area (TPSA) is 33.3 Å². The molecule has 122 valence electrons. The second-order valence-corrected chi connectivity index (χ2v) is 6.28. The molecule has 4 heteroatoms. The van der Waals surface area contributed by atoms with Crippen LogP contribution in [-0.2, 0) is 13.2 Å². The summed E-state index contributed by atoms with van der Waals surface area (Å²) in [7, 11) is 0. The van der Waals surface area contributed by atoms with Crippen molar-refractivity contribution in [2.24, 2.45) is 0 Å². The minimum absolute atomic E-state index is 0.552. The van der Waals surface area contributed by atoms with Gasteiger partial charge in [0, 0.05) is 22.3 Å². The quantitative estimate of drug-likeness (QED) is 0.554. The predicted molar refractivity (Wildman–Crippen MR) is 102 cm³/mol. The SMILES string of the molecule is Brc1ccc(COc2ccccc2CNNc2ccccc2)cc1. The molecule has 0 fully saturated rings. The summed E-state index contributed by atoms with van der Waals surface area (Å²) in [6, 6.07) is 26.3. The first-order chi connectivity index (χ1) is 11.8. The number of hydrogen-bond acceptors (Lipinski definition) is 3. The van der Waals surface area contributed by atoms with Crippen LogP contribution in [0.4, 0.5) is 5.69 Å². The van der Waals surface area contributed by atoms with Crippen LogP contribution in [0.1, 0.15) is 11.1 Å². The summed E-state index contributed by atoms with van der Waals surface area (Å²) in [5.74, 6) is 0.891. The molecule has 0 amide bonds. The fraction of sp³-hybridized carbons (Fsp3) is 0.100. The molecule has 24 heavy (non-hydrogen) atoms. The van der Waals surface area contributed by atoms with Crippen LogP contribution in [0, 0.1) is 0 Å². The Kier molecular flexibility index (Phi) is 5.88. The maximum Gasteiger partial charge on any atom is 0.124 e. The highest BCUT2D eigenvalue weighted by Gasteiger charge is 2.03. The summed E-state index contributed by atoms with van der Waals surface area (Å²) in [4.78, 5) is 0. The Hall–Kier alpha value is -2.30. The second kappa shape index (κ2) is 8.52. The molecule has 0 saturated heterocycles. The Labute approximate surface area is 150 Å². The molecular weight excluding hydrogens is 364 g/mol. The van der Waals surface area contributed by atoms with Crippen molar-refractivity contribution in [1.82, 2.24) is 5.43 Å². The minimum atomic E-state index is 0.552. The van der Waals surface area contributed by atoms with E-state index in [2.05, 4.69) is 45.0 Å². The number of anilines is 1. The third kappa shape index (κ3) is 4.85. The molecule has 0 atom stereocenters. The number of nitrogens with one attached hydrogen (secondary N) is 2. The lowest BCUT2D eigenvalue weighted by Crippen LogP contribution is -2.21. The zero-order chi connectivity index (χ0) is 16.6. The van der Waals surface area contributed by atoms with E-state index in [1.807, 2.05) is 60.7 Å². The van der Waals surface area contributed by atoms with Gasteiger partial charge in [-0.1, -0.05) is 64.5 Å². The molecule has 0 heterocycles. The minimum Gasteiger partial charge on any atom is -0.489 e. The molecule has 0 aromatic heterocycles. The van der Waals surface area contributed by atoms with E-state index in [1.165, 1.54) is 0 Å². The summed E-state index contributed by atoms with van der Waals surface area (Å²) in [5.41, 5.74) is 9.70. The maximum atomic E-state index is 5.98. The molecule has 0 aliphatic rings. The van der Waals surface area contributed by atoms with Gasteiger partial charge >= 0.3 is 0 Å². The van der Waals surface area contributed by atoms with Crippen molar-refractivity contribution in [2.75, 3.05) is 5.43 Å². The van der Waals surface area contributed by atoms with Gasteiger partial charge in [-0.25, -0.2) is 5.43 Å². The fourth-order valence-corrected chi connectivity index (χ4v) is 2.56. The average Bonchev–Trinajstić information content (AvgIpc) is 2.63. The summed E-state index contributed by atoms with van der Waals surface area (Å²) in [6.07, 6.45) is 0. The van der Waals surface area contributed by atoms with E-state index in [-0.39, 0.29) is 0 Å². The van der Waals surface area contributed by atoms with E-state index < -0.39 is 0 Å². The molecule has 0 bridgehead atoms. The Morgan fingerprint density at radius 3 is 2.29 bits per heavy atom. The van der Waals surface area contributed by atoms with Gasteiger partial charge in [-0.2, -0.15) is 0 Å². The standard InChI is InChI=1S/C20H19BrN2O/c21-18-12-10-16(11-13-18)15-24-20-9-5-4-6-17(20)14-22-23-19-7-2-1-3-8-19/h1-13,22-23H,14-15H2. The van der Waals surface area contributed by atoms with Gasteiger partial charge in [0.05, 0.1) is 0 Å². The molecule has 3 rings (SSSR count). The van der Waals surface area contributed by atoms with Gasteiger partial charge in [-0.15, -0.1) is 0 Å². The van der Waals surface area contributed by atoms with Crippen LogP contribution in [0.3, 0.4) is 0 Å². The number of benzene rings is 3. The molecular formula is C20H19BrN2O. The predicted octanol–water partition coefficient (Wildman–Crippen LogP) is 5.14. The van der Waals surface area contributed by atoms with Crippen molar-refractivity contribution in [1.29, 1.82) is 0 Å². The van der Waals surface area contributed by atoms with Gasteiger partial charge < -0.3 is 10.2 Å². The monoisotopic (exact) mass is 382 g/mol. The van der Waals surface area contributed by atoms with Crippen LogP contribution in [0.2, 0.25) is 0 Å². The first kappa shape index (κ1) is 16.6. The Morgan fingerprint density at radius 1 is 0.792 bits per heavy atom. The van der Waals surface area contributed by atoms with Crippen LogP contribution >= 0.6 is 15.9 Å². The molecule has 0 aliphatic carbocycles. The molecule has 0 spiro atoms. The zero-order valence-electron chi connectivity index (χ0n) is 13.2. The summed E-state index contributed by atoms with van der Waals surface area (Å²) in [6.45, 7) is 1.22. The Bertz CT molecular complexity index is 760. The first-order valence-corrected chi connectivity index (χ1v) is 8.59. The lowest BCUT2D eigenvalue weighted by atomic mass is 10.2. The molecule has 0 aliphatic heterocycles. The molecule has 0 unspecified atom stereocenters. The highest BCUT2D eigenvalue weighted by atomic mass is 79.9. The zero-order valence-corrected chi connectivity index (χ0v) is 14.8. The summed E-state index contributed by atoms with van der Waals surface area (Å²) < 4.78 is 7.05. The van der Waals surface area contributed by atoms with E-state index in [1.54, 1.807) is 0 Å². The average molecular weight is 383 g/mol. The number of hydrazine groups is 1. The van der Waals surface area contributed by atoms with Gasteiger partial charge in [0.1, 0.15) is 12.4 Å². The molecule has 3 nitrogen and oxygen atoms in total. The molecule has 3 aromatic rings. The third-order valence-electron chi connectivity index (χ3n) is 3.57. The van der Waals surface area contributed by atoms with Crippen molar-refractivity contribution in [2.45, 2.75) is 13.2 Å². The summed E-state index contributed by atoms with van der Waals surface area (Å²) in [5, 5.41) is 0. The highest BCUT2D eigenvalue weighted by Crippen LogP contribution is 2.20. The molecule has 2 N–H and O–H groups in total. The van der Waals surface area contributed by atoms with E-state index in [9.17, 15) is 0 Å². The van der Waals surface area contributed by atoms with Crippen LogP contribution in [0.5, 0.6) is 5.75 Å². The second-order valence-electron chi connectivity index (χ2n) is 5.37. The number of rotatable bonds is 7. The van der Waals surface area contributed by atoms with Gasteiger partial charge in [0.15, 0.2) is 0 Å². The van der Waals surface area contributed by atoms with Crippen molar-refractivity contribution in [3.63, 3.8) is 0 Å². The third-order valence-corrected chi connectivity index (χ3v) is 4.09. The van der Waals surface area contributed by atoms with Gasteiger partial charge in [0.2, 0.25) is 0 Å². The molecule has 0 saturated carbocycles. The number of hydrogen-bond donors (Lipinski definition) is 2. The van der Waals surface area contributed by atoms with Gasteiger partial charge in [-0.05, 0) is 35.9 Å². The maximum absolute atomic E-state index is 5.98.